The number of anilines is 2. The number of carbonyl (C=O) groups excluding carboxylic acids is 1. The molecule has 1 aliphatic rings. The molecular weight excluding hydrogens is 438 g/mol. The van der Waals surface area contributed by atoms with Crippen molar-refractivity contribution in [2.45, 2.75) is 38.2 Å². The lowest BCUT2D eigenvalue weighted by molar-refractivity contribution is 0.0531. The van der Waals surface area contributed by atoms with Crippen molar-refractivity contribution >= 4 is 51.1 Å². The van der Waals surface area contributed by atoms with E-state index in [1.165, 1.54) is 23.1 Å². The standard InChI is InChI=1S/C19H25N7O3S2/c1-4-26-18(25-6-8-28-9-7-25)23-24-19(26)30-10-12-21-15(20)13-11(3)14(17(27)29-5-2)31-16(13)22-12/h4-10H2,1-3H3,(H2,20,21,22). The summed E-state index contributed by atoms with van der Waals surface area (Å²) in [6.07, 6.45) is 0. The van der Waals surface area contributed by atoms with Crippen molar-refractivity contribution in [1.29, 1.82) is 0 Å². The molecule has 1 fully saturated rings. The summed E-state index contributed by atoms with van der Waals surface area (Å²) in [5.41, 5.74) is 6.97. The Morgan fingerprint density at radius 3 is 2.74 bits per heavy atom. The number of hydrogen-bond donors (Lipinski definition) is 1. The van der Waals surface area contributed by atoms with E-state index in [1.807, 2.05) is 6.92 Å². The van der Waals surface area contributed by atoms with Crippen LogP contribution in [0.5, 0.6) is 0 Å². The highest BCUT2D eigenvalue weighted by Crippen LogP contribution is 2.34. The highest BCUT2D eigenvalue weighted by Gasteiger charge is 2.22. The molecule has 10 nitrogen and oxygen atoms in total. The first-order valence-electron chi connectivity index (χ1n) is 10.1. The molecule has 0 aromatic carbocycles. The number of fused-ring (bicyclic) bond motifs is 1. The summed E-state index contributed by atoms with van der Waals surface area (Å²) in [6, 6.07) is 0. The highest BCUT2D eigenvalue weighted by molar-refractivity contribution is 7.98. The second kappa shape index (κ2) is 9.37. The van der Waals surface area contributed by atoms with Gasteiger partial charge in [0.05, 0.1) is 31.0 Å². The number of nitrogens with zero attached hydrogens (tertiary/aromatic N) is 6. The zero-order chi connectivity index (χ0) is 22.0. The second-order valence-electron chi connectivity index (χ2n) is 6.90. The summed E-state index contributed by atoms with van der Waals surface area (Å²) in [5, 5.41) is 10.3. The summed E-state index contributed by atoms with van der Waals surface area (Å²) >= 11 is 2.80. The zero-order valence-electron chi connectivity index (χ0n) is 17.8. The fourth-order valence-corrected chi connectivity index (χ4v) is 5.42. The van der Waals surface area contributed by atoms with E-state index in [0.717, 1.165) is 36.3 Å². The fraction of sp³-hybridized carbons (Fsp3) is 0.526. The van der Waals surface area contributed by atoms with Gasteiger partial charge < -0.3 is 20.1 Å². The summed E-state index contributed by atoms with van der Waals surface area (Å²) in [5.74, 6) is 1.95. The van der Waals surface area contributed by atoms with Crippen molar-refractivity contribution in [3.05, 3.63) is 16.3 Å². The molecule has 4 rings (SSSR count). The summed E-state index contributed by atoms with van der Waals surface area (Å²) in [7, 11) is 0. The molecule has 31 heavy (non-hydrogen) atoms. The summed E-state index contributed by atoms with van der Waals surface area (Å²) in [6.45, 7) is 9.78. The van der Waals surface area contributed by atoms with Crippen LogP contribution in [0.1, 0.15) is 34.9 Å². The summed E-state index contributed by atoms with van der Waals surface area (Å²) in [4.78, 5) is 24.7. The zero-order valence-corrected chi connectivity index (χ0v) is 19.4. The molecule has 4 heterocycles. The van der Waals surface area contributed by atoms with Gasteiger partial charge >= 0.3 is 5.97 Å². The van der Waals surface area contributed by atoms with Crippen LogP contribution >= 0.6 is 23.1 Å². The Morgan fingerprint density at radius 1 is 1.26 bits per heavy atom. The van der Waals surface area contributed by atoms with E-state index >= 15 is 0 Å². The van der Waals surface area contributed by atoms with Crippen LogP contribution in [-0.2, 0) is 21.8 Å². The van der Waals surface area contributed by atoms with Crippen LogP contribution in [0.4, 0.5) is 11.8 Å². The van der Waals surface area contributed by atoms with Gasteiger partial charge in [-0.25, -0.2) is 14.8 Å². The number of rotatable bonds is 7. The average molecular weight is 464 g/mol. The van der Waals surface area contributed by atoms with E-state index in [-0.39, 0.29) is 5.97 Å². The van der Waals surface area contributed by atoms with E-state index < -0.39 is 0 Å². The van der Waals surface area contributed by atoms with Crippen LogP contribution in [0.3, 0.4) is 0 Å². The molecule has 0 spiro atoms. The number of aryl methyl sites for hydroxylation is 1. The van der Waals surface area contributed by atoms with Crippen molar-refractivity contribution in [2.75, 3.05) is 43.5 Å². The molecule has 1 aliphatic heterocycles. The normalized spacial score (nSPS) is 14.4. The van der Waals surface area contributed by atoms with Gasteiger partial charge in [0.1, 0.15) is 21.3 Å². The Labute approximate surface area is 188 Å². The lowest BCUT2D eigenvalue weighted by Gasteiger charge is -2.27. The Bertz CT molecular complexity index is 1090. The minimum atomic E-state index is -0.356. The number of ether oxygens (including phenoxy) is 2. The molecule has 0 unspecified atom stereocenters. The lowest BCUT2D eigenvalue weighted by atomic mass is 10.2. The monoisotopic (exact) mass is 463 g/mol. The molecule has 166 valence electrons. The van der Waals surface area contributed by atoms with Gasteiger partial charge in [-0.05, 0) is 26.3 Å². The van der Waals surface area contributed by atoms with Crippen LogP contribution in [0.25, 0.3) is 10.2 Å². The van der Waals surface area contributed by atoms with Gasteiger partial charge in [0.25, 0.3) is 0 Å². The predicted octanol–water partition coefficient (Wildman–Crippen LogP) is 2.50. The molecule has 0 bridgehead atoms. The van der Waals surface area contributed by atoms with Crippen LogP contribution in [0.2, 0.25) is 0 Å². The smallest absolute Gasteiger partial charge is 0.348 e. The molecule has 0 amide bonds. The topological polar surface area (TPSA) is 121 Å². The molecule has 12 heteroatoms. The first-order valence-corrected chi connectivity index (χ1v) is 11.9. The number of aromatic nitrogens is 5. The third kappa shape index (κ3) is 4.32. The summed E-state index contributed by atoms with van der Waals surface area (Å²) < 4.78 is 12.7. The number of nitrogens with two attached hydrogens (primary N) is 1. The Hall–Kier alpha value is -2.44. The third-order valence-corrected chi connectivity index (χ3v) is 7.09. The first kappa shape index (κ1) is 21.8. The van der Waals surface area contributed by atoms with Crippen molar-refractivity contribution in [1.82, 2.24) is 24.7 Å². The number of nitrogen functional groups attached to an aromatic ring is 1. The molecule has 0 saturated carbocycles. The van der Waals surface area contributed by atoms with Crippen LogP contribution in [0.15, 0.2) is 5.16 Å². The number of esters is 1. The van der Waals surface area contributed by atoms with E-state index in [4.69, 9.17) is 15.2 Å². The minimum absolute atomic E-state index is 0.320. The molecule has 2 N–H and O–H groups in total. The van der Waals surface area contributed by atoms with Gasteiger partial charge in [-0.1, -0.05) is 11.8 Å². The molecule has 3 aromatic heterocycles. The molecule has 0 aliphatic carbocycles. The highest BCUT2D eigenvalue weighted by atomic mass is 32.2. The number of thiophene rings is 1. The second-order valence-corrected chi connectivity index (χ2v) is 8.84. The molecular formula is C19H25N7O3S2. The van der Waals surface area contributed by atoms with Gasteiger partial charge in [-0.3, -0.25) is 4.57 Å². The van der Waals surface area contributed by atoms with Crippen LogP contribution in [0, 0.1) is 6.92 Å². The average Bonchev–Trinajstić information content (AvgIpc) is 3.34. The molecule has 1 saturated heterocycles. The maximum Gasteiger partial charge on any atom is 0.348 e. The quantitative estimate of drug-likeness (QED) is 0.413. The maximum atomic E-state index is 12.2. The van der Waals surface area contributed by atoms with Gasteiger partial charge in [0.2, 0.25) is 5.95 Å². The SMILES string of the molecule is CCOC(=O)c1sc2nc(CSc3nnc(N4CCOCC4)n3CC)nc(N)c2c1C. The maximum absolute atomic E-state index is 12.2. The van der Waals surface area contributed by atoms with Crippen molar-refractivity contribution in [3.63, 3.8) is 0 Å². The van der Waals surface area contributed by atoms with Gasteiger partial charge in [-0.15, -0.1) is 21.5 Å². The largest absolute Gasteiger partial charge is 0.462 e. The predicted molar refractivity (Wildman–Crippen MR) is 121 cm³/mol. The minimum Gasteiger partial charge on any atom is -0.462 e. The Morgan fingerprint density at radius 2 is 2.03 bits per heavy atom. The van der Waals surface area contributed by atoms with Crippen LogP contribution < -0.4 is 10.6 Å². The fourth-order valence-electron chi connectivity index (χ4n) is 3.46. The third-order valence-electron chi connectivity index (χ3n) is 4.96. The van der Waals surface area contributed by atoms with E-state index in [0.29, 0.717) is 52.3 Å². The van der Waals surface area contributed by atoms with Gasteiger partial charge in [0, 0.05) is 19.6 Å². The number of morpholine rings is 1. The van der Waals surface area contributed by atoms with Gasteiger partial charge in [-0.2, -0.15) is 0 Å². The van der Waals surface area contributed by atoms with Crippen molar-refractivity contribution in [2.24, 2.45) is 0 Å². The van der Waals surface area contributed by atoms with Crippen molar-refractivity contribution in [3.8, 4) is 0 Å². The lowest BCUT2D eigenvalue weighted by Crippen LogP contribution is -2.38. The van der Waals surface area contributed by atoms with Gasteiger partial charge in [0.15, 0.2) is 5.16 Å². The molecule has 0 radical (unpaired) electrons. The number of carbonyl (C=O) groups is 1. The first-order chi connectivity index (χ1) is 15.0. The van der Waals surface area contributed by atoms with Crippen molar-refractivity contribution < 1.29 is 14.3 Å². The Balaban J connectivity index is 1.55. The van der Waals surface area contributed by atoms with E-state index in [1.54, 1.807) is 6.92 Å². The van der Waals surface area contributed by atoms with E-state index in [9.17, 15) is 4.79 Å². The van der Waals surface area contributed by atoms with Crippen LogP contribution in [-0.4, -0.2) is 63.6 Å². The Kier molecular flexibility index (Phi) is 6.58. The molecule has 0 atom stereocenters. The van der Waals surface area contributed by atoms with E-state index in [2.05, 4.69) is 36.6 Å². The number of thioether (sulfide) groups is 1. The molecule has 3 aromatic rings. The number of hydrogen-bond acceptors (Lipinski definition) is 11.